The van der Waals surface area contributed by atoms with Crippen LogP contribution < -0.4 is 10.6 Å². The van der Waals surface area contributed by atoms with Gasteiger partial charge in [0, 0.05) is 37.1 Å². The van der Waals surface area contributed by atoms with E-state index in [1.54, 1.807) is 11.3 Å². The molecule has 1 heterocycles. The average molecular weight is 354 g/mol. The number of hydrogen-bond donors (Lipinski definition) is 2. The van der Waals surface area contributed by atoms with Crippen LogP contribution in [0.1, 0.15) is 58.7 Å². The second kappa shape index (κ2) is 11.4. The summed E-state index contributed by atoms with van der Waals surface area (Å²) in [6.07, 6.45) is 2.10. The number of nitrogens with one attached hydrogen (secondary N) is 2. The SMILES string of the molecule is CCNC(=NCc1csc(CC)n1)NCCCN(C(C)C)C(C)C. The molecule has 24 heavy (non-hydrogen) atoms. The lowest BCUT2D eigenvalue weighted by molar-refractivity contribution is 0.173. The summed E-state index contributed by atoms with van der Waals surface area (Å²) in [5.74, 6) is 0.879. The third-order valence-corrected chi connectivity index (χ3v) is 4.90. The number of rotatable bonds is 10. The smallest absolute Gasteiger partial charge is 0.191 e. The second-order valence-corrected chi connectivity index (χ2v) is 7.43. The Bertz CT molecular complexity index is 474. The topological polar surface area (TPSA) is 52.6 Å². The van der Waals surface area contributed by atoms with E-state index in [0.717, 1.165) is 44.1 Å². The summed E-state index contributed by atoms with van der Waals surface area (Å²) in [4.78, 5) is 11.7. The number of aromatic nitrogens is 1. The Labute approximate surface area is 152 Å². The highest BCUT2D eigenvalue weighted by Gasteiger charge is 2.12. The van der Waals surface area contributed by atoms with E-state index in [1.165, 1.54) is 5.01 Å². The van der Waals surface area contributed by atoms with Gasteiger partial charge in [-0.25, -0.2) is 9.98 Å². The molecule has 0 amide bonds. The van der Waals surface area contributed by atoms with Crippen LogP contribution in [0.2, 0.25) is 0 Å². The molecule has 1 aromatic heterocycles. The minimum Gasteiger partial charge on any atom is -0.357 e. The maximum Gasteiger partial charge on any atom is 0.191 e. The van der Waals surface area contributed by atoms with Gasteiger partial charge in [0.2, 0.25) is 0 Å². The molecule has 0 radical (unpaired) electrons. The van der Waals surface area contributed by atoms with Crippen molar-refractivity contribution in [3.63, 3.8) is 0 Å². The number of guanidine groups is 1. The molecule has 0 aliphatic heterocycles. The third-order valence-electron chi connectivity index (χ3n) is 3.86. The summed E-state index contributed by atoms with van der Waals surface area (Å²) in [5.41, 5.74) is 1.06. The molecule has 6 heteroatoms. The molecule has 0 spiro atoms. The largest absolute Gasteiger partial charge is 0.357 e. The Hall–Kier alpha value is -1.14. The minimum atomic E-state index is 0.587. The lowest BCUT2D eigenvalue weighted by Gasteiger charge is -2.30. The van der Waals surface area contributed by atoms with Gasteiger partial charge >= 0.3 is 0 Å². The normalized spacial score (nSPS) is 12.5. The maximum atomic E-state index is 4.64. The van der Waals surface area contributed by atoms with Gasteiger partial charge in [-0.15, -0.1) is 11.3 Å². The van der Waals surface area contributed by atoms with Crippen molar-refractivity contribution in [1.82, 2.24) is 20.5 Å². The standard InChI is InChI=1S/C18H35N5S/c1-7-17-22-16(13-24-17)12-21-18(19-8-2)20-10-9-11-23(14(3)4)15(5)6/h13-15H,7-12H2,1-6H3,(H2,19,20,21). The van der Waals surface area contributed by atoms with E-state index in [2.05, 4.69) is 72.4 Å². The zero-order valence-electron chi connectivity index (χ0n) is 16.2. The van der Waals surface area contributed by atoms with Crippen molar-refractivity contribution in [1.29, 1.82) is 0 Å². The molecule has 2 N–H and O–H groups in total. The van der Waals surface area contributed by atoms with Gasteiger partial charge in [0.1, 0.15) is 0 Å². The molecule has 0 unspecified atom stereocenters. The van der Waals surface area contributed by atoms with Gasteiger partial charge in [-0.2, -0.15) is 0 Å². The average Bonchev–Trinajstić information content (AvgIpc) is 2.99. The summed E-state index contributed by atoms with van der Waals surface area (Å²) >= 11 is 1.72. The number of hydrogen-bond acceptors (Lipinski definition) is 4. The molecule has 0 saturated carbocycles. The summed E-state index contributed by atoms with van der Waals surface area (Å²) in [7, 11) is 0. The number of nitrogens with zero attached hydrogens (tertiary/aromatic N) is 3. The fourth-order valence-electron chi connectivity index (χ4n) is 2.67. The second-order valence-electron chi connectivity index (χ2n) is 6.49. The predicted molar refractivity (Wildman–Crippen MR) is 106 cm³/mol. The lowest BCUT2D eigenvalue weighted by Crippen LogP contribution is -2.41. The van der Waals surface area contributed by atoms with Crippen molar-refractivity contribution >= 4 is 17.3 Å². The van der Waals surface area contributed by atoms with Crippen molar-refractivity contribution in [3.05, 3.63) is 16.1 Å². The number of aliphatic imine (C=N–C) groups is 1. The number of thiazole rings is 1. The predicted octanol–water partition coefficient (Wildman–Crippen LogP) is 3.27. The Morgan fingerprint density at radius 1 is 1.21 bits per heavy atom. The first-order valence-corrected chi connectivity index (χ1v) is 10.1. The molecule has 138 valence electrons. The zero-order chi connectivity index (χ0) is 17.9. The van der Waals surface area contributed by atoms with Crippen molar-refractivity contribution < 1.29 is 0 Å². The minimum absolute atomic E-state index is 0.587. The summed E-state index contributed by atoms with van der Waals surface area (Å²) < 4.78 is 0. The molecule has 0 saturated heterocycles. The molecule has 1 rings (SSSR count). The van der Waals surface area contributed by atoms with Crippen molar-refractivity contribution in [2.24, 2.45) is 4.99 Å². The fraction of sp³-hybridized carbons (Fsp3) is 0.778. The van der Waals surface area contributed by atoms with Gasteiger partial charge < -0.3 is 10.6 Å². The van der Waals surface area contributed by atoms with Crippen LogP contribution >= 0.6 is 11.3 Å². The van der Waals surface area contributed by atoms with Crippen molar-refractivity contribution in [2.45, 2.75) is 73.0 Å². The van der Waals surface area contributed by atoms with Crippen molar-refractivity contribution in [2.75, 3.05) is 19.6 Å². The summed E-state index contributed by atoms with van der Waals surface area (Å²) in [6, 6.07) is 1.17. The zero-order valence-corrected chi connectivity index (χ0v) is 17.0. The highest BCUT2D eigenvalue weighted by molar-refractivity contribution is 7.09. The molecule has 0 atom stereocenters. The molecule has 0 aromatic carbocycles. The van der Waals surface area contributed by atoms with E-state index in [0.29, 0.717) is 18.6 Å². The highest BCUT2D eigenvalue weighted by Crippen LogP contribution is 2.10. The van der Waals surface area contributed by atoms with E-state index >= 15 is 0 Å². The van der Waals surface area contributed by atoms with E-state index in [-0.39, 0.29) is 0 Å². The molecule has 0 fully saturated rings. The molecule has 0 bridgehead atoms. The maximum absolute atomic E-state index is 4.64. The van der Waals surface area contributed by atoms with Crippen LogP contribution in [0.4, 0.5) is 0 Å². The van der Waals surface area contributed by atoms with Crippen LogP contribution in [0.5, 0.6) is 0 Å². The van der Waals surface area contributed by atoms with Gasteiger partial charge in [-0.1, -0.05) is 6.92 Å². The molecule has 1 aromatic rings. The van der Waals surface area contributed by atoms with Gasteiger partial charge in [0.25, 0.3) is 0 Å². The van der Waals surface area contributed by atoms with Crippen LogP contribution in [-0.4, -0.2) is 47.6 Å². The monoisotopic (exact) mass is 353 g/mol. The Morgan fingerprint density at radius 2 is 1.92 bits per heavy atom. The van der Waals surface area contributed by atoms with Crippen LogP contribution in [0, 0.1) is 0 Å². The third kappa shape index (κ3) is 7.62. The van der Waals surface area contributed by atoms with Gasteiger partial charge in [0.05, 0.1) is 17.2 Å². The van der Waals surface area contributed by atoms with E-state index in [1.807, 2.05) is 0 Å². The van der Waals surface area contributed by atoms with Gasteiger partial charge in [-0.05, 0) is 47.5 Å². The van der Waals surface area contributed by atoms with Gasteiger partial charge in [-0.3, -0.25) is 4.90 Å². The highest BCUT2D eigenvalue weighted by atomic mass is 32.1. The molecule has 0 aliphatic carbocycles. The van der Waals surface area contributed by atoms with Crippen LogP contribution in [0.3, 0.4) is 0 Å². The Balaban J connectivity index is 2.43. The fourth-order valence-corrected chi connectivity index (χ4v) is 3.40. The Kier molecular flexibility index (Phi) is 9.95. The Morgan fingerprint density at radius 3 is 2.46 bits per heavy atom. The number of aryl methyl sites for hydroxylation is 1. The van der Waals surface area contributed by atoms with Crippen LogP contribution in [0.15, 0.2) is 10.4 Å². The first-order valence-electron chi connectivity index (χ1n) is 9.19. The molecular weight excluding hydrogens is 318 g/mol. The lowest BCUT2D eigenvalue weighted by atomic mass is 10.2. The van der Waals surface area contributed by atoms with E-state index in [9.17, 15) is 0 Å². The van der Waals surface area contributed by atoms with Crippen LogP contribution in [0.25, 0.3) is 0 Å². The van der Waals surface area contributed by atoms with Crippen LogP contribution in [-0.2, 0) is 13.0 Å². The van der Waals surface area contributed by atoms with Gasteiger partial charge in [0.15, 0.2) is 5.96 Å². The van der Waals surface area contributed by atoms with E-state index < -0.39 is 0 Å². The van der Waals surface area contributed by atoms with E-state index in [4.69, 9.17) is 0 Å². The quantitative estimate of drug-likeness (QED) is 0.385. The summed E-state index contributed by atoms with van der Waals surface area (Å²) in [6.45, 7) is 16.8. The first-order chi connectivity index (χ1) is 11.5. The molecule has 5 nitrogen and oxygen atoms in total. The summed E-state index contributed by atoms with van der Waals surface area (Å²) in [5, 5.41) is 10.0. The first kappa shape index (κ1) is 20.9. The molecule has 0 aliphatic rings. The van der Waals surface area contributed by atoms with Crippen molar-refractivity contribution in [3.8, 4) is 0 Å². The molecular formula is C18H35N5S.